The molecule has 0 spiro atoms. The summed E-state index contributed by atoms with van der Waals surface area (Å²) in [6, 6.07) is 4.39. The molecule has 1 nitrogen and oxygen atoms in total. The summed E-state index contributed by atoms with van der Waals surface area (Å²) < 4.78 is 7.29. The number of halogens is 1. The lowest BCUT2D eigenvalue weighted by Crippen LogP contribution is -2.40. The maximum Gasteiger partial charge on any atom is 0.192 e. The fourth-order valence-electron chi connectivity index (χ4n) is 2.41. The van der Waals surface area contributed by atoms with Crippen LogP contribution in [0.3, 0.4) is 0 Å². The molecule has 0 amide bonds. The van der Waals surface area contributed by atoms with Gasteiger partial charge in [0.25, 0.3) is 0 Å². The van der Waals surface area contributed by atoms with Crippen molar-refractivity contribution in [1.29, 1.82) is 0 Å². The summed E-state index contributed by atoms with van der Waals surface area (Å²) in [5, 5.41) is 0.230. The molecule has 0 aliphatic rings. The molecule has 3 heteroatoms. The maximum absolute atomic E-state index is 6.25. The highest BCUT2D eigenvalue weighted by molar-refractivity contribution is 9.10. The second-order valence-corrected chi connectivity index (χ2v) is 15.9. The number of hydrogen-bond acceptors (Lipinski definition) is 1. The van der Waals surface area contributed by atoms with Crippen LogP contribution in [0, 0.1) is 23.7 Å². The van der Waals surface area contributed by atoms with Crippen LogP contribution in [-0.4, -0.2) is 14.9 Å². The molecule has 160 valence electrons. The zero-order chi connectivity index (χ0) is 22.3. The predicted molar refractivity (Wildman–Crippen MR) is 134 cm³/mol. The second kappa shape index (κ2) is 10.9. The monoisotopic (exact) mass is 474 g/mol. The van der Waals surface area contributed by atoms with E-state index < -0.39 is 8.32 Å². The topological polar surface area (TPSA) is 9.23 Å². The van der Waals surface area contributed by atoms with Crippen LogP contribution in [0.5, 0.6) is 0 Å². The second-order valence-electron chi connectivity index (χ2n) is 10.2. The van der Waals surface area contributed by atoms with Gasteiger partial charge in [-0.05, 0) is 63.6 Å². The summed E-state index contributed by atoms with van der Waals surface area (Å²) in [6.45, 7) is 20.9. The van der Waals surface area contributed by atoms with E-state index in [1.54, 1.807) is 0 Å². The van der Waals surface area contributed by atoms with Crippen LogP contribution in [0.1, 0.15) is 90.8 Å². The molecule has 0 bridgehead atoms. The van der Waals surface area contributed by atoms with Gasteiger partial charge in [0.05, 0.1) is 5.56 Å². The minimum Gasteiger partial charge on any atom is -0.416 e. The van der Waals surface area contributed by atoms with Crippen LogP contribution in [0.2, 0.25) is 18.1 Å². The first-order chi connectivity index (χ1) is 13.3. The number of unbranched alkanes of at least 4 members (excludes halogenated alkanes) is 2. The molecular formula is C26H39BrOSi. The fourth-order valence-corrected chi connectivity index (χ4v) is 4.02. The van der Waals surface area contributed by atoms with Gasteiger partial charge in [-0.25, -0.2) is 0 Å². The smallest absolute Gasteiger partial charge is 0.192 e. The molecular weight excluding hydrogens is 436 g/mol. The Hall–Kier alpha value is -1.00. The lowest BCUT2D eigenvalue weighted by molar-refractivity contribution is 0.296. The molecule has 0 aliphatic carbocycles. The molecule has 0 aromatic heterocycles. The first-order valence-corrected chi connectivity index (χ1v) is 14.5. The number of rotatable bonds is 5. The zero-order valence-electron chi connectivity index (χ0n) is 20.0. The van der Waals surface area contributed by atoms with Crippen molar-refractivity contribution in [2.24, 2.45) is 0 Å². The van der Waals surface area contributed by atoms with Gasteiger partial charge in [-0.1, -0.05) is 78.6 Å². The van der Waals surface area contributed by atoms with Crippen LogP contribution in [0.25, 0.3) is 0 Å². The Morgan fingerprint density at radius 3 is 2.14 bits per heavy atom. The Kier molecular flexibility index (Phi) is 9.74. The molecule has 0 radical (unpaired) electrons. The van der Waals surface area contributed by atoms with Gasteiger partial charge in [-0.3, -0.25) is 0 Å². The Labute approximate surface area is 189 Å². The summed E-state index contributed by atoms with van der Waals surface area (Å²) in [5.74, 6) is 13.4. The lowest BCUT2D eigenvalue weighted by Gasteiger charge is -2.35. The van der Waals surface area contributed by atoms with Crippen LogP contribution < -0.4 is 0 Å². The first-order valence-electron chi connectivity index (χ1n) is 10.8. The summed E-state index contributed by atoms with van der Waals surface area (Å²) in [4.78, 5) is 0. The summed E-state index contributed by atoms with van der Waals surface area (Å²) in [5.41, 5.74) is 3.36. The molecule has 0 saturated heterocycles. The van der Waals surface area contributed by atoms with Gasteiger partial charge < -0.3 is 4.43 Å². The molecule has 0 atom stereocenters. The van der Waals surface area contributed by atoms with Crippen LogP contribution in [0.15, 0.2) is 16.6 Å². The van der Waals surface area contributed by atoms with Crippen LogP contribution in [0.4, 0.5) is 0 Å². The van der Waals surface area contributed by atoms with Crippen molar-refractivity contribution in [3.8, 4) is 23.7 Å². The normalized spacial score (nSPS) is 12.1. The standard InChI is InChI=1S/C26H39BrOSi/c1-10-11-12-13-17-23-21(19-22(20-24(23)27)25(2,3)4)16-14-15-18-28-29(8,9)26(5,6)7/h19-20H,10-12,15,18H2,1-9H3. The minimum atomic E-state index is -1.71. The molecule has 1 rings (SSSR count). The van der Waals surface area contributed by atoms with Crippen LogP contribution >= 0.6 is 15.9 Å². The van der Waals surface area contributed by atoms with Gasteiger partial charge in [-0.15, -0.1) is 0 Å². The van der Waals surface area contributed by atoms with Crippen molar-refractivity contribution in [3.05, 3.63) is 33.3 Å². The summed E-state index contributed by atoms with van der Waals surface area (Å²) in [6.07, 6.45) is 3.97. The third-order valence-corrected chi connectivity index (χ3v) is 10.7. The zero-order valence-corrected chi connectivity index (χ0v) is 22.6. The van der Waals surface area contributed by atoms with E-state index >= 15 is 0 Å². The number of benzene rings is 1. The van der Waals surface area contributed by atoms with Gasteiger partial charge in [0.2, 0.25) is 0 Å². The Balaban J connectivity index is 3.07. The van der Waals surface area contributed by atoms with Gasteiger partial charge in [0.15, 0.2) is 8.32 Å². The van der Waals surface area contributed by atoms with E-state index in [1.165, 1.54) is 12.0 Å². The van der Waals surface area contributed by atoms with Gasteiger partial charge in [-0.2, -0.15) is 0 Å². The van der Waals surface area contributed by atoms with E-state index in [2.05, 4.69) is 113 Å². The molecule has 0 aliphatic heterocycles. The fraction of sp³-hybridized carbons (Fsp3) is 0.615. The average molecular weight is 476 g/mol. The van der Waals surface area contributed by atoms with E-state index in [9.17, 15) is 0 Å². The van der Waals surface area contributed by atoms with E-state index in [1.807, 2.05) is 0 Å². The average Bonchev–Trinajstić information content (AvgIpc) is 2.57. The van der Waals surface area contributed by atoms with E-state index in [-0.39, 0.29) is 10.5 Å². The highest BCUT2D eigenvalue weighted by Gasteiger charge is 2.36. The summed E-state index contributed by atoms with van der Waals surface area (Å²) >= 11 is 3.74. The van der Waals surface area contributed by atoms with Crippen molar-refractivity contribution in [2.75, 3.05) is 6.61 Å². The molecule has 0 fully saturated rings. The first kappa shape index (κ1) is 26.0. The van der Waals surface area contributed by atoms with E-state index in [0.29, 0.717) is 6.61 Å². The Morgan fingerprint density at radius 1 is 0.966 bits per heavy atom. The molecule has 0 unspecified atom stereocenters. The Morgan fingerprint density at radius 2 is 1.59 bits per heavy atom. The molecule has 0 heterocycles. The molecule has 0 saturated carbocycles. The molecule has 29 heavy (non-hydrogen) atoms. The molecule has 0 N–H and O–H groups in total. The predicted octanol–water partition coefficient (Wildman–Crippen LogP) is 8.05. The van der Waals surface area contributed by atoms with Crippen molar-refractivity contribution in [2.45, 2.75) is 97.7 Å². The van der Waals surface area contributed by atoms with Crippen LogP contribution in [-0.2, 0) is 9.84 Å². The van der Waals surface area contributed by atoms with Gasteiger partial charge in [0.1, 0.15) is 0 Å². The largest absolute Gasteiger partial charge is 0.416 e. The number of hydrogen-bond donors (Lipinski definition) is 0. The van der Waals surface area contributed by atoms with E-state index in [4.69, 9.17) is 4.43 Å². The van der Waals surface area contributed by atoms with E-state index in [0.717, 1.165) is 34.9 Å². The van der Waals surface area contributed by atoms with Gasteiger partial charge in [0, 0.05) is 29.5 Å². The van der Waals surface area contributed by atoms with Gasteiger partial charge >= 0.3 is 0 Å². The van der Waals surface area contributed by atoms with Crippen molar-refractivity contribution >= 4 is 24.2 Å². The highest BCUT2D eigenvalue weighted by Crippen LogP contribution is 2.36. The third kappa shape index (κ3) is 8.33. The quantitative estimate of drug-likeness (QED) is 0.238. The lowest BCUT2D eigenvalue weighted by atomic mass is 9.85. The maximum atomic E-state index is 6.25. The third-order valence-electron chi connectivity index (χ3n) is 5.54. The Bertz CT molecular complexity index is 802. The van der Waals surface area contributed by atoms with Crippen molar-refractivity contribution < 1.29 is 4.43 Å². The molecule has 1 aromatic rings. The SMILES string of the molecule is CCCCC#Cc1c(Br)cc(C(C)(C)C)cc1C#CCCO[Si](C)(C)C(C)(C)C. The van der Waals surface area contributed by atoms with Crippen molar-refractivity contribution in [1.82, 2.24) is 0 Å². The summed E-state index contributed by atoms with van der Waals surface area (Å²) in [7, 11) is -1.71. The molecule has 1 aromatic carbocycles. The minimum absolute atomic E-state index is 0.0680. The van der Waals surface area contributed by atoms with Crippen molar-refractivity contribution in [3.63, 3.8) is 0 Å². The highest BCUT2D eigenvalue weighted by atomic mass is 79.9.